The highest BCUT2D eigenvalue weighted by Gasteiger charge is 2.31. The molecule has 1 aliphatic heterocycles. The van der Waals surface area contributed by atoms with Crippen molar-refractivity contribution >= 4 is 23.2 Å². The van der Waals surface area contributed by atoms with E-state index in [0.717, 1.165) is 12.1 Å². The van der Waals surface area contributed by atoms with Crippen molar-refractivity contribution in [2.24, 2.45) is 0 Å². The van der Waals surface area contributed by atoms with Gasteiger partial charge in [-0.1, -0.05) is 11.2 Å². The minimum absolute atomic E-state index is 0.00800. The maximum absolute atomic E-state index is 13.0. The normalized spacial score (nSPS) is 13.6. The molecular formula is C17H14F3N5O3. The number of nitrogens with zero attached hydrogens (tertiary/aromatic N) is 1. The summed E-state index contributed by atoms with van der Waals surface area (Å²) in [5, 5.41) is 8.42. The van der Waals surface area contributed by atoms with E-state index in [1.165, 1.54) is 37.5 Å². The molecule has 0 fully saturated rings. The van der Waals surface area contributed by atoms with Gasteiger partial charge >= 0.3 is 6.18 Å². The lowest BCUT2D eigenvalue weighted by Crippen LogP contribution is -2.40. The molecule has 1 aliphatic rings. The SMILES string of the molecule is CC(=O)Nc1cc(C(F)(F)F)ccc1C1=CC=C(NC(=O)c2ccon2)NN1. The number of carbonyl (C=O) groups excluding carboxylic acids is 2. The largest absolute Gasteiger partial charge is 0.416 e. The van der Waals surface area contributed by atoms with Crippen LogP contribution in [0, 0.1) is 0 Å². The smallest absolute Gasteiger partial charge is 0.364 e. The number of amides is 2. The second kappa shape index (κ2) is 7.47. The van der Waals surface area contributed by atoms with E-state index in [0.29, 0.717) is 11.3 Å². The monoisotopic (exact) mass is 393 g/mol. The van der Waals surface area contributed by atoms with Crippen molar-refractivity contribution in [1.82, 2.24) is 21.3 Å². The number of anilines is 1. The van der Waals surface area contributed by atoms with Crippen LogP contribution < -0.4 is 21.5 Å². The molecule has 8 nitrogen and oxygen atoms in total. The molecule has 1 aromatic carbocycles. The Kier molecular flexibility index (Phi) is 5.07. The van der Waals surface area contributed by atoms with Crippen LogP contribution in [0.4, 0.5) is 18.9 Å². The Morgan fingerprint density at radius 1 is 1.11 bits per heavy atom. The highest BCUT2D eigenvalue weighted by Crippen LogP contribution is 2.34. The number of hydrazine groups is 1. The van der Waals surface area contributed by atoms with Gasteiger partial charge in [0.25, 0.3) is 5.91 Å². The summed E-state index contributed by atoms with van der Waals surface area (Å²) in [4.78, 5) is 23.3. The first-order chi connectivity index (χ1) is 13.2. The molecule has 2 heterocycles. The molecule has 11 heteroatoms. The Hall–Kier alpha value is -3.76. The maximum atomic E-state index is 13.0. The first-order valence-electron chi connectivity index (χ1n) is 7.89. The van der Waals surface area contributed by atoms with Crippen LogP contribution in [0.1, 0.15) is 28.5 Å². The van der Waals surface area contributed by atoms with Gasteiger partial charge in [-0.25, -0.2) is 0 Å². The van der Waals surface area contributed by atoms with Gasteiger partial charge in [0, 0.05) is 18.6 Å². The van der Waals surface area contributed by atoms with E-state index < -0.39 is 23.6 Å². The van der Waals surface area contributed by atoms with Crippen molar-refractivity contribution in [3.8, 4) is 0 Å². The number of hydrogen-bond donors (Lipinski definition) is 4. The third-order valence-corrected chi connectivity index (χ3v) is 3.61. The van der Waals surface area contributed by atoms with Crippen molar-refractivity contribution in [3.63, 3.8) is 0 Å². The number of allylic oxidation sites excluding steroid dienone is 2. The van der Waals surface area contributed by atoms with Gasteiger partial charge in [0.1, 0.15) is 12.1 Å². The van der Waals surface area contributed by atoms with Gasteiger partial charge in [0.2, 0.25) is 5.91 Å². The topological polar surface area (TPSA) is 108 Å². The van der Waals surface area contributed by atoms with Crippen LogP contribution in [0.5, 0.6) is 0 Å². The number of nitrogens with one attached hydrogen (secondary N) is 4. The molecule has 4 N–H and O–H groups in total. The van der Waals surface area contributed by atoms with Crippen molar-refractivity contribution < 1.29 is 27.3 Å². The van der Waals surface area contributed by atoms with E-state index in [9.17, 15) is 22.8 Å². The van der Waals surface area contributed by atoms with Crippen molar-refractivity contribution in [2.45, 2.75) is 13.1 Å². The number of benzene rings is 1. The number of rotatable bonds is 4. The van der Waals surface area contributed by atoms with Crippen LogP contribution in [-0.2, 0) is 11.0 Å². The van der Waals surface area contributed by atoms with Crippen LogP contribution in [0.25, 0.3) is 5.70 Å². The van der Waals surface area contributed by atoms with Crippen molar-refractivity contribution in [3.05, 3.63) is 65.3 Å². The first-order valence-corrected chi connectivity index (χ1v) is 7.89. The maximum Gasteiger partial charge on any atom is 0.416 e. The molecule has 2 aromatic rings. The Morgan fingerprint density at radius 2 is 1.89 bits per heavy atom. The Morgan fingerprint density at radius 3 is 2.46 bits per heavy atom. The number of halogens is 3. The Labute approximate surface area is 156 Å². The lowest BCUT2D eigenvalue weighted by Gasteiger charge is -2.22. The fourth-order valence-electron chi connectivity index (χ4n) is 2.38. The molecule has 0 aliphatic carbocycles. The van der Waals surface area contributed by atoms with Gasteiger partial charge in [-0.15, -0.1) is 0 Å². The summed E-state index contributed by atoms with van der Waals surface area (Å²) in [7, 11) is 0. The number of aromatic nitrogens is 1. The fourth-order valence-corrected chi connectivity index (χ4v) is 2.38. The van der Waals surface area contributed by atoms with Crippen molar-refractivity contribution in [1.29, 1.82) is 0 Å². The van der Waals surface area contributed by atoms with Crippen LogP contribution in [0.2, 0.25) is 0 Å². The Balaban J connectivity index is 1.85. The molecular weight excluding hydrogens is 379 g/mol. The molecule has 0 saturated heterocycles. The van der Waals surface area contributed by atoms with Gasteiger partial charge in [-0.05, 0) is 24.3 Å². The number of hydrogen-bond acceptors (Lipinski definition) is 6. The van der Waals surface area contributed by atoms with E-state index in [2.05, 4.69) is 31.2 Å². The third-order valence-electron chi connectivity index (χ3n) is 3.61. The molecule has 28 heavy (non-hydrogen) atoms. The molecule has 0 atom stereocenters. The summed E-state index contributed by atoms with van der Waals surface area (Å²) in [5.74, 6) is -0.745. The lowest BCUT2D eigenvalue weighted by molar-refractivity contribution is -0.137. The van der Waals surface area contributed by atoms with Gasteiger partial charge in [-0.2, -0.15) is 13.2 Å². The molecule has 0 unspecified atom stereocenters. The van der Waals surface area contributed by atoms with Gasteiger partial charge in [-0.3, -0.25) is 20.4 Å². The average molecular weight is 393 g/mol. The summed E-state index contributed by atoms with van der Waals surface area (Å²) in [6.07, 6.45) is -0.263. The predicted octanol–water partition coefficient (Wildman–Crippen LogP) is 2.37. The first kappa shape index (κ1) is 19.0. The Bertz CT molecular complexity index is 965. The summed E-state index contributed by atoms with van der Waals surface area (Å²) in [6, 6.07) is 4.39. The molecule has 146 valence electrons. The number of alkyl halides is 3. The van der Waals surface area contributed by atoms with E-state index in [-0.39, 0.29) is 17.2 Å². The van der Waals surface area contributed by atoms with Gasteiger partial charge in [0.05, 0.1) is 16.9 Å². The summed E-state index contributed by atoms with van der Waals surface area (Å²) >= 11 is 0. The number of carbonyl (C=O) groups is 2. The third kappa shape index (κ3) is 4.31. The zero-order chi connectivity index (χ0) is 20.3. The molecule has 3 rings (SSSR count). The highest BCUT2D eigenvalue weighted by molar-refractivity contribution is 5.94. The molecule has 0 bridgehead atoms. The molecule has 1 aromatic heterocycles. The van der Waals surface area contributed by atoms with Crippen LogP contribution in [0.3, 0.4) is 0 Å². The summed E-state index contributed by atoms with van der Waals surface area (Å²) in [6.45, 7) is 1.20. The van der Waals surface area contributed by atoms with E-state index in [1.54, 1.807) is 0 Å². The minimum atomic E-state index is -4.54. The predicted molar refractivity (Wildman–Crippen MR) is 92.0 cm³/mol. The van der Waals surface area contributed by atoms with E-state index >= 15 is 0 Å². The van der Waals surface area contributed by atoms with Crippen LogP contribution in [-0.4, -0.2) is 17.0 Å². The van der Waals surface area contributed by atoms with Crippen LogP contribution in [0.15, 0.2) is 53.0 Å². The summed E-state index contributed by atoms with van der Waals surface area (Å²) < 4.78 is 43.4. The molecule has 2 amide bonds. The highest BCUT2D eigenvalue weighted by atomic mass is 19.4. The van der Waals surface area contributed by atoms with E-state index in [4.69, 9.17) is 0 Å². The fraction of sp³-hybridized carbons (Fsp3) is 0.118. The van der Waals surface area contributed by atoms with Crippen molar-refractivity contribution in [2.75, 3.05) is 5.32 Å². The lowest BCUT2D eigenvalue weighted by atomic mass is 10.0. The standard InChI is InChI=1S/C17H14F3N5O3/c1-9(26)21-14-8-10(17(18,19)20)2-3-11(14)12-4-5-15(24-23-12)22-16(27)13-6-7-28-25-13/h2-8,23-24H,1H3,(H,21,26)(H,22,27). The van der Waals surface area contributed by atoms with Crippen LogP contribution >= 0.6 is 0 Å². The zero-order valence-electron chi connectivity index (χ0n) is 14.3. The molecule has 0 saturated carbocycles. The molecule has 0 radical (unpaired) electrons. The second-order valence-corrected chi connectivity index (χ2v) is 5.69. The minimum Gasteiger partial charge on any atom is -0.364 e. The van der Waals surface area contributed by atoms with Gasteiger partial charge in [0.15, 0.2) is 5.69 Å². The summed E-state index contributed by atoms with van der Waals surface area (Å²) in [5.41, 5.74) is 5.36. The van der Waals surface area contributed by atoms with Gasteiger partial charge < -0.3 is 15.2 Å². The second-order valence-electron chi connectivity index (χ2n) is 5.69. The molecule has 0 spiro atoms. The van der Waals surface area contributed by atoms with E-state index in [1.807, 2.05) is 0 Å². The quantitative estimate of drug-likeness (QED) is 0.635. The zero-order valence-corrected chi connectivity index (χ0v) is 14.3. The average Bonchev–Trinajstić information content (AvgIpc) is 3.16.